The molecule has 0 aromatic carbocycles. The number of esters is 1. The Balaban J connectivity index is 3.52. The minimum Gasteiger partial charge on any atom is -0.457 e. The number of aliphatic hydroxyl groups is 1. The summed E-state index contributed by atoms with van der Waals surface area (Å²) < 4.78 is 11.1. The first-order valence-corrected chi connectivity index (χ1v) is 22.0. The minimum absolute atomic E-state index is 0.203. The number of rotatable bonds is 40. The summed E-state index contributed by atoms with van der Waals surface area (Å²) >= 11 is 0. The molecule has 1 atom stereocenters. The average Bonchev–Trinajstić information content (AvgIpc) is 3.15. The van der Waals surface area contributed by atoms with Gasteiger partial charge in [-0.25, -0.2) is 0 Å². The van der Waals surface area contributed by atoms with Crippen LogP contribution in [0.2, 0.25) is 0 Å². The summed E-state index contributed by atoms with van der Waals surface area (Å²) in [5.41, 5.74) is 0. The van der Waals surface area contributed by atoms with Crippen LogP contribution in [0.15, 0.2) is 72.9 Å². The number of carbonyl (C=O) groups excluding carboxylic acids is 1. The first kappa shape index (κ1) is 49.8. The van der Waals surface area contributed by atoms with Crippen molar-refractivity contribution >= 4 is 5.97 Å². The SMILES string of the molecule is CC/C=C\C/C=C\C/C=C\C/C=C\C/C=C\C/C=C\CCC(=O)OC(CO)COCCCCCCCCCCCCCCCCCCCCCCC. The van der Waals surface area contributed by atoms with Crippen LogP contribution < -0.4 is 0 Å². The lowest BCUT2D eigenvalue weighted by Gasteiger charge is -2.15. The predicted octanol–water partition coefficient (Wildman–Crippen LogP) is 14.6. The van der Waals surface area contributed by atoms with Gasteiger partial charge in [0.2, 0.25) is 0 Å². The highest BCUT2D eigenvalue weighted by atomic mass is 16.6. The maximum Gasteiger partial charge on any atom is 0.306 e. The molecule has 0 saturated heterocycles. The Bertz CT molecular complexity index is 896. The molecule has 0 aliphatic heterocycles. The third-order valence-electron chi connectivity index (χ3n) is 9.31. The summed E-state index contributed by atoms with van der Waals surface area (Å²) in [5.74, 6) is -0.281. The van der Waals surface area contributed by atoms with Crippen molar-refractivity contribution in [3.8, 4) is 0 Å². The quantitative estimate of drug-likeness (QED) is 0.0388. The highest BCUT2D eigenvalue weighted by Gasteiger charge is 2.13. The third kappa shape index (κ3) is 42.2. The third-order valence-corrected chi connectivity index (χ3v) is 9.31. The van der Waals surface area contributed by atoms with Gasteiger partial charge in [0.05, 0.1) is 13.2 Å². The van der Waals surface area contributed by atoms with Crippen LogP contribution in [0.25, 0.3) is 0 Å². The summed E-state index contributed by atoms with van der Waals surface area (Å²) in [4.78, 5) is 12.2. The van der Waals surface area contributed by atoms with E-state index in [0.29, 0.717) is 19.4 Å². The largest absolute Gasteiger partial charge is 0.457 e. The van der Waals surface area contributed by atoms with E-state index in [2.05, 4.69) is 80.7 Å². The Morgan fingerprint density at radius 3 is 1.19 bits per heavy atom. The molecule has 0 heterocycles. The van der Waals surface area contributed by atoms with Crippen molar-refractivity contribution < 1.29 is 19.4 Å². The van der Waals surface area contributed by atoms with E-state index in [4.69, 9.17) is 9.47 Å². The van der Waals surface area contributed by atoms with E-state index < -0.39 is 6.10 Å². The zero-order valence-electron chi connectivity index (χ0n) is 34.3. The second-order valence-electron chi connectivity index (χ2n) is 14.4. The predicted molar refractivity (Wildman–Crippen MR) is 228 cm³/mol. The summed E-state index contributed by atoms with van der Waals surface area (Å²) in [7, 11) is 0. The van der Waals surface area contributed by atoms with Crippen molar-refractivity contribution in [2.24, 2.45) is 0 Å². The standard InChI is InChI=1S/C48H84O4/c1-3-5-7-9-11-13-15-17-19-21-23-24-26-28-30-32-34-36-38-40-42-44-51-46-47(45-49)52-48(50)43-41-39-37-35-33-31-29-27-25-22-20-18-16-14-12-10-8-6-4-2/h6,8,12,14,18,20,25,27,31,33,37,39,47,49H,3-5,7,9-11,13,15-17,19,21-24,26,28-30,32,34-36,38,40-46H2,1-2H3/b8-6-,14-12-,20-18-,27-25-,33-31-,39-37-. The molecule has 0 spiro atoms. The zero-order valence-corrected chi connectivity index (χ0v) is 34.3. The molecule has 52 heavy (non-hydrogen) atoms. The number of allylic oxidation sites excluding steroid dienone is 12. The lowest BCUT2D eigenvalue weighted by atomic mass is 10.0. The van der Waals surface area contributed by atoms with Gasteiger partial charge in [0, 0.05) is 13.0 Å². The summed E-state index contributed by atoms with van der Waals surface area (Å²) in [6.07, 6.45) is 61.2. The fourth-order valence-electron chi connectivity index (χ4n) is 6.06. The smallest absolute Gasteiger partial charge is 0.306 e. The van der Waals surface area contributed by atoms with Gasteiger partial charge >= 0.3 is 5.97 Å². The fourth-order valence-corrected chi connectivity index (χ4v) is 6.06. The van der Waals surface area contributed by atoms with E-state index in [0.717, 1.165) is 44.9 Å². The second kappa shape index (κ2) is 45.0. The molecule has 0 bridgehead atoms. The minimum atomic E-state index is -0.576. The maximum absolute atomic E-state index is 12.2. The molecule has 4 nitrogen and oxygen atoms in total. The molecule has 4 heteroatoms. The normalized spacial score (nSPS) is 13.1. The van der Waals surface area contributed by atoms with Gasteiger partial charge in [-0.3, -0.25) is 4.79 Å². The summed E-state index contributed by atoms with van der Waals surface area (Å²) in [6, 6.07) is 0. The molecule has 0 radical (unpaired) electrons. The Morgan fingerprint density at radius 2 is 0.827 bits per heavy atom. The van der Waals surface area contributed by atoms with Gasteiger partial charge in [-0.15, -0.1) is 0 Å². The molecule has 0 rings (SSSR count). The average molecular weight is 725 g/mol. The molecule has 0 aromatic rings. The van der Waals surface area contributed by atoms with E-state index in [-0.39, 0.29) is 19.2 Å². The van der Waals surface area contributed by atoms with Crippen LogP contribution in [0.4, 0.5) is 0 Å². The van der Waals surface area contributed by atoms with Crippen molar-refractivity contribution in [2.75, 3.05) is 19.8 Å². The number of ether oxygens (including phenoxy) is 2. The molecular weight excluding hydrogens is 641 g/mol. The van der Waals surface area contributed by atoms with Gasteiger partial charge < -0.3 is 14.6 Å². The molecule has 300 valence electrons. The fraction of sp³-hybridized carbons (Fsp3) is 0.729. The monoisotopic (exact) mass is 725 g/mol. The van der Waals surface area contributed by atoms with Gasteiger partial charge in [0.15, 0.2) is 0 Å². The van der Waals surface area contributed by atoms with Crippen molar-refractivity contribution in [2.45, 2.75) is 206 Å². The summed E-state index contributed by atoms with van der Waals surface area (Å²) in [6.45, 7) is 5.17. The topological polar surface area (TPSA) is 55.8 Å². The highest BCUT2D eigenvalue weighted by molar-refractivity contribution is 5.69. The maximum atomic E-state index is 12.2. The Kier molecular flexibility index (Phi) is 43.1. The Labute approximate surface area is 323 Å². The van der Waals surface area contributed by atoms with Crippen molar-refractivity contribution in [3.05, 3.63) is 72.9 Å². The van der Waals surface area contributed by atoms with Crippen LogP contribution in [-0.4, -0.2) is 37.0 Å². The number of carbonyl (C=O) groups is 1. The molecule has 0 aliphatic carbocycles. The van der Waals surface area contributed by atoms with Crippen LogP contribution in [0.5, 0.6) is 0 Å². The van der Waals surface area contributed by atoms with Crippen LogP contribution >= 0.6 is 0 Å². The number of unbranched alkanes of at least 4 members (excludes halogenated alkanes) is 20. The van der Waals surface area contributed by atoms with Gasteiger partial charge in [0.1, 0.15) is 6.10 Å². The van der Waals surface area contributed by atoms with Crippen LogP contribution in [0.3, 0.4) is 0 Å². The Hall–Kier alpha value is -2.17. The molecule has 1 unspecified atom stereocenters. The van der Waals surface area contributed by atoms with Crippen molar-refractivity contribution in [1.82, 2.24) is 0 Å². The molecule has 1 N–H and O–H groups in total. The van der Waals surface area contributed by atoms with Crippen LogP contribution in [-0.2, 0) is 14.3 Å². The first-order chi connectivity index (χ1) is 25.7. The highest BCUT2D eigenvalue weighted by Crippen LogP contribution is 2.15. The zero-order chi connectivity index (χ0) is 37.7. The number of aliphatic hydroxyl groups excluding tert-OH is 1. The molecule has 0 aromatic heterocycles. The van der Waals surface area contributed by atoms with Crippen molar-refractivity contribution in [3.63, 3.8) is 0 Å². The number of hydrogen-bond donors (Lipinski definition) is 1. The molecule has 0 saturated carbocycles. The Morgan fingerprint density at radius 1 is 0.481 bits per heavy atom. The van der Waals surface area contributed by atoms with Crippen molar-refractivity contribution in [1.29, 1.82) is 0 Å². The van der Waals surface area contributed by atoms with Crippen LogP contribution in [0, 0.1) is 0 Å². The van der Waals surface area contributed by atoms with Gasteiger partial charge in [-0.1, -0.05) is 215 Å². The molecule has 0 amide bonds. The lowest BCUT2D eigenvalue weighted by molar-refractivity contribution is -0.154. The summed E-state index contributed by atoms with van der Waals surface area (Å²) in [5, 5.41) is 9.60. The second-order valence-corrected chi connectivity index (χ2v) is 14.4. The van der Waals surface area contributed by atoms with E-state index in [1.54, 1.807) is 0 Å². The van der Waals surface area contributed by atoms with E-state index in [1.165, 1.54) is 128 Å². The van der Waals surface area contributed by atoms with Gasteiger partial charge in [-0.05, 0) is 51.4 Å². The van der Waals surface area contributed by atoms with E-state index in [1.807, 2.05) is 6.08 Å². The molecule has 0 fully saturated rings. The van der Waals surface area contributed by atoms with Gasteiger partial charge in [0.25, 0.3) is 0 Å². The van der Waals surface area contributed by atoms with E-state index in [9.17, 15) is 9.90 Å². The molecule has 0 aliphatic rings. The van der Waals surface area contributed by atoms with Gasteiger partial charge in [-0.2, -0.15) is 0 Å². The lowest BCUT2D eigenvalue weighted by Crippen LogP contribution is -2.27. The van der Waals surface area contributed by atoms with Crippen LogP contribution in [0.1, 0.15) is 200 Å². The first-order valence-electron chi connectivity index (χ1n) is 22.0. The van der Waals surface area contributed by atoms with E-state index >= 15 is 0 Å². The molecular formula is C48H84O4. The number of hydrogen-bond acceptors (Lipinski definition) is 4.